The number of hydrogen-bond acceptors (Lipinski definition) is 4. The molecule has 1 aromatic carbocycles. The van der Waals surface area contributed by atoms with E-state index >= 15 is 0 Å². The molecule has 3 rings (SSSR count). The summed E-state index contributed by atoms with van der Waals surface area (Å²) in [7, 11) is 1.41. The van der Waals surface area contributed by atoms with Crippen LogP contribution in [0, 0.1) is 11.3 Å². The van der Waals surface area contributed by atoms with Crippen molar-refractivity contribution in [3.63, 3.8) is 0 Å². The van der Waals surface area contributed by atoms with Gasteiger partial charge in [-0.2, -0.15) is 0 Å². The zero-order valence-corrected chi connectivity index (χ0v) is 20.3. The molecule has 2 aliphatic carbocycles. The molecule has 2 aliphatic rings. The van der Waals surface area contributed by atoms with Crippen molar-refractivity contribution in [1.82, 2.24) is 0 Å². The van der Waals surface area contributed by atoms with Crippen molar-refractivity contribution in [2.24, 2.45) is 11.3 Å². The van der Waals surface area contributed by atoms with Crippen molar-refractivity contribution in [1.29, 1.82) is 0 Å². The molecule has 32 heavy (non-hydrogen) atoms. The Labute approximate surface area is 198 Å². The average Bonchev–Trinajstić information content (AvgIpc) is 3.05. The quantitative estimate of drug-likeness (QED) is 0.182. The van der Waals surface area contributed by atoms with Crippen LogP contribution in [0.2, 0.25) is 0 Å². The normalized spacial score (nSPS) is 27.9. The summed E-state index contributed by atoms with van der Waals surface area (Å²) in [5, 5.41) is 21.7. The Kier molecular flexibility index (Phi) is 9.22. The number of benzene rings is 1. The van der Waals surface area contributed by atoms with Gasteiger partial charge in [0.15, 0.2) is 0 Å². The number of alkyl halides is 1. The molecule has 178 valence electrons. The molecule has 0 heterocycles. The largest absolute Gasteiger partial charge is 0.469 e. The Morgan fingerprint density at radius 1 is 1.28 bits per heavy atom. The maximum atomic E-state index is 11.2. The SMILES string of the molecule is CCCC1(C(O)c2ccc([C@@H]3[C@@H](C/C=C\CCCC(=O)OC)[C@H](Cl)C[C@H]3O)cc2)CCC1. The predicted molar refractivity (Wildman–Crippen MR) is 129 cm³/mol. The minimum Gasteiger partial charge on any atom is -0.469 e. The van der Waals surface area contributed by atoms with Crippen LogP contribution in [0.4, 0.5) is 0 Å². The van der Waals surface area contributed by atoms with Gasteiger partial charge in [0, 0.05) is 23.1 Å². The molecule has 0 saturated heterocycles. The van der Waals surface area contributed by atoms with Gasteiger partial charge in [-0.05, 0) is 62.0 Å². The van der Waals surface area contributed by atoms with E-state index in [0.29, 0.717) is 12.8 Å². The van der Waals surface area contributed by atoms with Gasteiger partial charge in [0.2, 0.25) is 0 Å². The van der Waals surface area contributed by atoms with Gasteiger partial charge in [-0.25, -0.2) is 0 Å². The van der Waals surface area contributed by atoms with Crippen molar-refractivity contribution in [2.75, 3.05) is 7.11 Å². The first-order chi connectivity index (χ1) is 15.4. The first kappa shape index (κ1) is 25.3. The molecule has 0 spiro atoms. The minimum atomic E-state index is -0.455. The van der Waals surface area contributed by atoms with Crippen LogP contribution in [0.5, 0.6) is 0 Å². The highest BCUT2D eigenvalue weighted by atomic mass is 35.5. The lowest BCUT2D eigenvalue weighted by molar-refractivity contribution is -0.140. The standard InChI is InChI=1S/C27H39ClO4/c1-3-15-27(16-8-17-27)26(31)20-13-11-19(12-14-20)25-21(22(28)18-23(25)29)9-6-4-5-7-10-24(30)32-2/h4,6,11-14,21-23,25-26,29,31H,3,5,7-10,15-18H2,1-2H3/b6-4-/t21-,22+,23+,25+,26?/m0/s1. The van der Waals surface area contributed by atoms with Gasteiger partial charge in [0.05, 0.1) is 19.3 Å². The summed E-state index contributed by atoms with van der Waals surface area (Å²) in [4.78, 5) is 11.2. The van der Waals surface area contributed by atoms with Crippen molar-refractivity contribution < 1.29 is 19.7 Å². The molecule has 1 unspecified atom stereocenters. The molecule has 2 fully saturated rings. The second-order valence-electron chi connectivity index (χ2n) is 9.72. The number of allylic oxidation sites excluding steroid dienone is 2. The van der Waals surface area contributed by atoms with Crippen molar-refractivity contribution in [3.05, 3.63) is 47.5 Å². The molecule has 0 radical (unpaired) electrons. The fraction of sp³-hybridized carbons (Fsp3) is 0.667. The fourth-order valence-electron chi connectivity index (χ4n) is 5.71. The van der Waals surface area contributed by atoms with Gasteiger partial charge in [0.1, 0.15) is 0 Å². The molecule has 2 saturated carbocycles. The minimum absolute atomic E-state index is 0.00304. The Morgan fingerprint density at radius 3 is 2.59 bits per heavy atom. The van der Waals surface area contributed by atoms with Gasteiger partial charge in [0.25, 0.3) is 0 Å². The summed E-state index contributed by atoms with van der Waals surface area (Å²) in [5.41, 5.74) is 2.13. The Hall–Kier alpha value is -1.36. The lowest BCUT2D eigenvalue weighted by atomic mass is 9.61. The third-order valence-corrected chi connectivity index (χ3v) is 8.18. The number of hydrogen-bond donors (Lipinski definition) is 2. The summed E-state index contributed by atoms with van der Waals surface area (Å²) in [6.07, 6.45) is 12.4. The van der Waals surface area contributed by atoms with E-state index in [0.717, 1.165) is 56.1 Å². The lowest BCUT2D eigenvalue weighted by Crippen LogP contribution is -2.36. The zero-order valence-electron chi connectivity index (χ0n) is 19.5. The summed E-state index contributed by atoms with van der Waals surface area (Å²) in [5.74, 6) is -0.0150. The molecule has 0 bridgehead atoms. The number of ether oxygens (including phenoxy) is 1. The molecule has 1 aromatic rings. The maximum Gasteiger partial charge on any atom is 0.305 e. The van der Waals surface area contributed by atoms with Gasteiger partial charge in [-0.15, -0.1) is 11.6 Å². The Bertz CT molecular complexity index is 755. The summed E-state index contributed by atoms with van der Waals surface area (Å²) in [6, 6.07) is 8.24. The van der Waals surface area contributed by atoms with Gasteiger partial charge in [-0.1, -0.05) is 56.2 Å². The van der Waals surface area contributed by atoms with Gasteiger partial charge in [-0.3, -0.25) is 4.79 Å². The number of aliphatic hydroxyl groups excluding tert-OH is 2. The molecular weight excluding hydrogens is 424 g/mol. The van der Waals surface area contributed by atoms with Gasteiger partial charge >= 0.3 is 5.97 Å². The number of methoxy groups -OCH3 is 1. The Balaban J connectivity index is 1.62. The summed E-state index contributed by atoms with van der Waals surface area (Å²) >= 11 is 6.63. The highest BCUT2D eigenvalue weighted by Gasteiger charge is 2.44. The molecule has 0 amide bonds. The predicted octanol–water partition coefficient (Wildman–Crippen LogP) is 6.05. The maximum absolute atomic E-state index is 11.2. The molecule has 0 aliphatic heterocycles. The third-order valence-electron chi connectivity index (χ3n) is 7.68. The third kappa shape index (κ3) is 5.76. The van der Waals surface area contributed by atoms with Crippen LogP contribution >= 0.6 is 11.6 Å². The van der Waals surface area contributed by atoms with Crippen LogP contribution in [-0.4, -0.2) is 34.8 Å². The number of unbranched alkanes of at least 4 members (excludes halogenated alkanes) is 1. The second-order valence-corrected chi connectivity index (χ2v) is 10.3. The second kappa shape index (κ2) is 11.7. The van der Waals surface area contributed by atoms with Crippen LogP contribution in [0.1, 0.15) is 94.3 Å². The highest BCUT2D eigenvalue weighted by molar-refractivity contribution is 6.21. The van der Waals surface area contributed by atoms with E-state index in [1.54, 1.807) is 0 Å². The van der Waals surface area contributed by atoms with Crippen molar-refractivity contribution in [2.45, 2.75) is 94.6 Å². The number of aliphatic hydroxyl groups is 2. The number of esters is 1. The van der Waals surface area contributed by atoms with Crippen molar-refractivity contribution >= 4 is 17.6 Å². The van der Waals surface area contributed by atoms with Crippen molar-refractivity contribution in [3.8, 4) is 0 Å². The average molecular weight is 463 g/mol. The van der Waals surface area contributed by atoms with Crippen LogP contribution in [0.15, 0.2) is 36.4 Å². The number of halogens is 1. The van der Waals surface area contributed by atoms with E-state index < -0.39 is 12.2 Å². The lowest BCUT2D eigenvalue weighted by Gasteiger charge is -2.46. The van der Waals surface area contributed by atoms with Crippen LogP contribution in [0.25, 0.3) is 0 Å². The van der Waals surface area contributed by atoms with E-state index in [2.05, 4.69) is 35.9 Å². The highest BCUT2D eigenvalue weighted by Crippen LogP contribution is 2.53. The molecule has 5 heteroatoms. The first-order valence-corrected chi connectivity index (χ1v) is 12.7. The monoisotopic (exact) mass is 462 g/mol. The van der Waals surface area contributed by atoms with Gasteiger partial charge < -0.3 is 14.9 Å². The van der Waals surface area contributed by atoms with E-state index in [4.69, 9.17) is 11.6 Å². The number of carbonyl (C=O) groups is 1. The smallest absolute Gasteiger partial charge is 0.305 e. The summed E-state index contributed by atoms with van der Waals surface area (Å²) in [6.45, 7) is 2.19. The number of carbonyl (C=O) groups excluding carboxylic acids is 1. The molecule has 2 N–H and O–H groups in total. The topological polar surface area (TPSA) is 66.8 Å². The van der Waals surface area contributed by atoms with E-state index in [1.807, 2.05) is 12.1 Å². The summed E-state index contributed by atoms with van der Waals surface area (Å²) < 4.78 is 4.67. The van der Waals surface area contributed by atoms with Crippen LogP contribution in [-0.2, 0) is 9.53 Å². The molecular formula is C27H39ClO4. The van der Waals surface area contributed by atoms with E-state index in [9.17, 15) is 15.0 Å². The fourth-order valence-corrected chi connectivity index (χ4v) is 6.15. The van der Waals surface area contributed by atoms with Crippen LogP contribution < -0.4 is 0 Å². The van der Waals surface area contributed by atoms with Crippen LogP contribution in [0.3, 0.4) is 0 Å². The molecule has 5 atom stereocenters. The van der Waals surface area contributed by atoms with E-state index in [-0.39, 0.29) is 28.6 Å². The molecule has 0 aromatic heterocycles. The molecule has 4 nitrogen and oxygen atoms in total. The van der Waals surface area contributed by atoms with E-state index in [1.165, 1.54) is 13.5 Å². The Morgan fingerprint density at radius 2 is 2.00 bits per heavy atom. The zero-order chi connectivity index (χ0) is 23.1. The number of rotatable bonds is 11. The first-order valence-electron chi connectivity index (χ1n) is 12.2.